The van der Waals surface area contributed by atoms with E-state index in [9.17, 15) is 14.7 Å². The van der Waals surface area contributed by atoms with Gasteiger partial charge in [-0.1, -0.05) is 115 Å². The van der Waals surface area contributed by atoms with Crippen LogP contribution in [0.3, 0.4) is 0 Å². The van der Waals surface area contributed by atoms with Crippen LogP contribution >= 0.6 is 0 Å². The number of carbonyl (C=O) groups excluding carboxylic acids is 2. The lowest BCUT2D eigenvalue weighted by molar-refractivity contribution is -0.118. The minimum absolute atomic E-state index is 0.104. The number of H-pyrrole nitrogens is 2. The smallest absolute Gasteiger partial charge is 0.408 e. The van der Waals surface area contributed by atoms with E-state index in [2.05, 4.69) is 118 Å². The zero-order valence-electron chi connectivity index (χ0n) is 37.7. The van der Waals surface area contributed by atoms with Gasteiger partial charge in [-0.05, 0) is 121 Å². The first-order chi connectivity index (χ1) is 33.0. The van der Waals surface area contributed by atoms with Crippen LogP contribution in [-0.2, 0) is 16.0 Å². The van der Waals surface area contributed by atoms with Crippen LogP contribution in [0.25, 0.3) is 90.9 Å². The van der Waals surface area contributed by atoms with E-state index in [0.717, 1.165) is 94.9 Å². The van der Waals surface area contributed by atoms with Crippen LogP contribution in [0, 0.1) is 0 Å². The summed E-state index contributed by atoms with van der Waals surface area (Å²) in [6, 6.07) is 52.5. The van der Waals surface area contributed by atoms with Crippen molar-refractivity contribution in [2.75, 3.05) is 5.32 Å². The molecule has 0 unspecified atom stereocenters. The van der Waals surface area contributed by atoms with Crippen molar-refractivity contribution in [1.29, 1.82) is 0 Å². The number of nitrogens with zero attached hydrogens (tertiary/aromatic N) is 2. The lowest BCUT2D eigenvalue weighted by Crippen LogP contribution is -2.47. The number of amides is 2. The largest absolute Gasteiger partial charge is 0.508 e. The summed E-state index contributed by atoms with van der Waals surface area (Å²) in [5.74, 6) is -0.323. The summed E-state index contributed by atoms with van der Waals surface area (Å²) in [4.78, 5) is 45.3. The molecule has 10 rings (SSSR count). The third-order valence-corrected chi connectivity index (χ3v) is 11.8. The summed E-state index contributed by atoms with van der Waals surface area (Å²) in [5, 5.41) is 15.6. The Morgan fingerprint density at radius 1 is 0.529 bits per heavy atom. The molecule has 8 bridgehead atoms. The zero-order chi connectivity index (χ0) is 46.8. The maximum absolute atomic E-state index is 14.0. The molecule has 8 aromatic rings. The van der Waals surface area contributed by atoms with E-state index < -0.39 is 23.6 Å². The molecule has 1 atom stereocenters. The Kier molecular flexibility index (Phi) is 11.6. The van der Waals surface area contributed by atoms with Gasteiger partial charge in [-0.25, -0.2) is 14.8 Å². The van der Waals surface area contributed by atoms with Gasteiger partial charge in [0.25, 0.3) is 0 Å². The average Bonchev–Trinajstić information content (AvgIpc) is 4.19. The molecule has 334 valence electrons. The van der Waals surface area contributed by atoms with Crippen molar-refractivity contribution >= 4 is 64.1 Å². The van der Waals surface area contributed by atoms with Gasteiger partial charge in [-0.3, -0.25) is 4.79 Å². The van der Waals surface area contributed by atoms with Crippen LogP contribution in [0.5, 0.6) is 5.75 Å². The normalized spacial score (nSPS) is 12.4. The highest BCUT2D eigenvalue weighted by molar-refractivity contribution is 6.01. The Balaban J connectivity index is 1.14. The van der Waals surface area contributed by atoms with Crippen LogP contribution < -0.4 is 10.6 Å². The van der Waals surface area contributed by atoms with Gasteiger partial charge < -0.3 is 30.4 Å². The number of nitrogens with one attached hydrogen (secondary N) is 4. The molecule has 5 N–H and O–H groups in total. The van der Waals surface area contributed by atoms with Crippen LogP contribution in [-0.4, -0.2) is 48.7 Å². The zero-order valence-corrected chi connectivity index (χ0v) is 37.7. The number of ether oxygens (including phenoxy) is 1. The number of aromatic nitrogens is 4. The molecule has 10 heteroatoms. The summed E-state index contributed by atoms with van der Waals surface area (Å²) in [6.07, 6.45) is 7.76. The van der Waals surface area contributed by atoms with Crippen molar-refractivity contribution in [2.45, 2.75) is 38.8 Å². The molecule has 3 aromatic heterocycles. The standard InChI is InChI=1S/C58H48N6O4/c1-58(2,3)68-57(67)64-51(35-36-19-25-42(65)26-20-36)56(66)59-41-23-21-40(22-24-41)55-49-33-31-47(62-49)53(38-15-9-5-10-16-38)45-29-27-43(60-45)52(37-13-7-4-8-14-37)44-28-30-46(61-44)54(39-17-11-6-12-18-39)48-32-34-50(55)63-48/h4-34,51,60,63,65H,35H2,1-3H3,(H,59,66)(H,64,67)/t51-/m0/s1. The number of hydrogen-bond donors (Lipinski definition) is 5. The number of rotatable bonds is 9. The quantitative estimate of drug-likeness (QED) is 0.0976. The third-order valence-electron chi connectivity index (χ3n) is 11.8. The van der Waals surface area contributed by atoms with Crippen LogP contribution in [0.4, 0.5) is 10.5 Å². The number of phenols is 1. The molecule has 2 aliphatic heterocycles. The number of fused-ring (bicyclic) bond motifs is 8. The van der Waals surface area contributed by atoms with Gasteiger partial charge in [0.05, 0.1) is 22.8 Å². The Morgan fingerprint density at radius 2 is 0.912 bits per heavy atom. The van der Waals surface area contributed by atoms with Crippen molar-refractivity contribution < 1.29 is 19.4 Å². The molecule has 0 fully saturated rings. The predicted molar refractivity (Wildman–Crippen MR) is 274 cm³/mol. The van der Waals surface area contributed by atoms with E-state index >= 15 is 0 Å². The second-order valence-corrected chi connectivity index (χ2v) is 17.7. The maximum Gasteiger partial charge on any atom is 0.408 e. The maximum atomic E-state index is 14.0. The minimum Gasteiger partial charge on any atom is -0.508 e. The third kappa shape index (κ3) is 9.21. The van der Waals surface area contributed by atoms with Gasteiger partial charge >= 0.3 is 6.09 Å². The van der Waals surface area contributed by atoms with E-state index in [4.69, 9.17) is 14.7 Å². The summed E-state index contributed by atoms with van der Waals surface area (Å²) < 4.78 is 5.51. The number of carbonyl (C=O) groups is 2. The second kappa shape index (κ2) is 18.3. The minimum atomic E-state index is -0.975. The lowest BCUT2D eigenvalue weighted by Gasteiger charge is -2.23. The first-order valence-electron chi connectivity index (χ1n) is 22.5. The molecule has 2 amide bonds. The van der Waals surface area contributed by atoms with Crippen molar-refractivity contribution in [2.24, 2.45) is 0 Å². The van der Waals surface area contributed by atoms with Gasteiger partial charge in [-0.2, -0.15) is 0 Å². The molecular weight excluding hydrogens is 845 g/mol. The molecule has 68 heavy (non-hydrogen) atoms. The number of phenolic OH excluding ortho intramolecular Hbond substituents is 1. The van der Waals surface area contributed by atoms with Crippen molar-refractivity contribution in [3.63, 3.8) is 0 Å². The first-order valence-corrected chi connectivity index (χ1v) is 22.5. The monoisotopic (exact) mass is 892 g/mol. The van der Waals surface area contributed by atoms with Gasteiger partial charge in [-0.15, -0.1) is 0 Å². The summed E-state index contributed by atoms with van der Waals surface area (Å²) in [5.41, 5.74) is 14.9. The highest BCUT2D eigenvalue weighted by atomic mass is 16.6. The molecular formula is C58H48N6O4. The Bertz CT molecular complexity index is 3370. The number of benzene rings is 5. The Hall–Kier alpha value is -8.76. The Morgan fingerprint density at radius 3 is 1.29 bits per heavy atom. The van der Waals surface area contributed by atoms with E-state index in [1.54, 1.807) is 45.0 Å². The SMILES string of the molecule is CC(C)(C)OC(=O)N[C@@H](Cc1ccc(O)cc1)C(=O)Nc1ccc(-c2c3nc(c(-c4ccccc4)c4ccc([nH]4)c(-c4ccccc4)c4nc(c(-c5ccccc5)c5ccc2[nH]5)C=C4)C=C3)cc1. The molecule has 0 saturated heterocycles. The number of aromatic amines is 2. The summed E-state index contributed by atoms with van der Waals surface area (Å²) in [6.45, 7) is 5.29. The van der Waals surface area contributed by atoms with E-state index in [0.29, 0.717) is 5.69 Å². The van der Waals surface area contributed by atoms with Crippen molar-refractivity contribution in [3.8, 4) is 50.3 Å². The number of aromatic hydroxyl groups is 1. The van der Waals surface area contributed by atoms with Crippen LogP contribution in [0.2, 0.25) is 0 Å². The molecule has 0 saturated carbocycles. The van der Waals surface area contributed by atoms with Crippen LogP contribution in [0.15, 0.2) is 164 Å². The molecule has 2 aliphatic rings. The number of alkyl carbamates (subject to hydrolysis) is 1. The molecule has 5 heterocycles. The predicted octanol–water partition coefficient (Wildman–Crippen LogP) is 13.1. The van der Waals surface area contributed by atoms with E-state index in [1.807, 2.05) is 66.7 Å². The Labute approximate surface area is 393 Å². The second-order valence-electron chi connectivity index (χ2n) is 17.7. The molecule has 0 radical (unpaired) electrons. The molecule has 0 aliphatic carbocycles. The topological polar surface area (TPSA) is 145 Å². The number of anilines is 1. The summed E-state index contributed by atoms with van der Waals surface area (Å²) in [7, 11) is 0. The summed E-state index contributed by atoms with van der Waals surface area (Å²) >= 11 is 0. The fourth-order valence-electron chi connectivity index (χ4n) is 8.71. The van der Waals surface area contributed by atoms with Crippen molar-refractivity contribution in [1.82, 2.24) is 25.3 Å². The molecule has 0 spiro atoms. The van der Waals surface area contributed by atoms with Gasteiger partial charge in [0.2, 0.25) is 5.91 Å². The molecule has 10 nitrogen and oxygen atoms in total. The highest BCUT2D eigenvalue weighted by Gasteiger charge is 2.26. The van der Waals surface area contributed by atoms with E-state index in [-0.39, 0.29) is 12.2 Å². The van der Waals surface area contributed by atoms with Crippen molar-refractivity contribution in [3.05, 3.63) is 192 Å². The van der Waals surface area contributed by atoms with Gasteiger partial charge in [0, 0.05) is 56.4 Å². The average molecular weight is 893 g/mol. The van der Waals surface area contributed by atoms with E-state index in [1.165, 1.54) is 0 Å². The first kappa shape index (κ1) is 43.1. The fourth-order valence-corrected chi connectivity index (χ4v) is 8.71. The van der Waals surface area contributed by atoms with Gasteiger partial charge in [0.1, 0.15) is 17.4 Å². The fraction of sp³-hybridized carbons (Fsp3) is 0.103. The number of hydrogen-bond acceptors (Lipinski definition) is 6. The lowest BCUT2D eigenvalue weighted by atomic mass is 10.0. The van der Waals surface area contributed by atoms with Gasteiger partial charge in [0.15, 0.2) is 0 Å². The molecule has 5 aromatic carbocycles. The highest BCUT2D eigenvalue weighted by Crippen LogP contribution is 2.38. The van der Waals surface area contributed by atoms with Crippen LogP contribution in [0.1, 0.15) is 49.1 Å².